The van der Waals surface area contributed by atoms with Crippen molar-refractivity contribution in [3.05, 3.63) is 42.2 Å². The van der Waals surface area contributed by atoms with Crippen LogP contribution in [0.1, 0.15) is 33.3 Å². The molecule has 0 aliphatic carbocycles. The zero-order valence-electron chi connectivity index (χ0n) is 15.9. The minimum absolute atomic E-state index is 0.122. The predicted molar refractivity (Wildman–Crippen MR) is 98.2 cm³/mol. The maximum Gasteiger partial charge on any atom is 0.524 e. The first-order valence-electron chi connectivity index (χ1n) is 8.83. The summed E-state index contributed by atoms with van der Waals surface area (Å²) in [7, 11) is -1.05. The van der Waals surface area contributed by atoms with Crippen molar-refractivity contribution in [3.8, 4) is 11.4 Å². The smallest absolute Gasteiger partial charge is 0.398 e. The first kappa shape index (κ1) is 19.6. The molecule has 0 saturated carbocycles. The second-order valence-corrected chi connectivity index (χ2v) is 7.43. The maximum absolute atomic E-state index is 14.7. The van der Waals surface area contributed by atoms with Gasteiger partial charge in [0.2, 0.25) is 0 Å². The molecule has 0 unspecified atom stereocenters. The monoisotopic (exact) mass is 376 g/mol. The van der Waals surface area contributed by atoms with Crippen LogP contribution in [0.4, 0.5) is 8.78 Å². The minimum atomic E-state index is -1.05. The minimum Gasteiger partial charge on any atom is -0.398 e. The lowest BCUT2D eigenvalue weighted by molar-refractivity contribution is 0.00578. The van der Waals surface area contributed by atoms with Gasteiger partial charge < -0.3 is 9.31 Å². The van der Waals surface area contributed by atoms with E-state index in [1.807, 2.05) is 27.7 Å². The van der Waals surface area contributed by atoms with E-state index in [-0.39, 0.29) is 13.0 Å². The summed E-state index contributed by atoms with van der Waals surface area (Å²) in [6.07, 6.45) is 8.01. The molecule has 144 valence electrons. The summed E-state index contributed by atoms with van der Waals surface area (Å²) in [5.41, 5.74) is 0.0934. The quantitative estimate of drug-likeness (QED) is 0.724. The molecule has 1 aliphatic heterocycles. The van der Waals surface area contributed by atoms with Crippen LogP contribution in [0.25, 0.3) is 11.4 Å². The molecule has 9 heteroatoms. The zero-order valence-corrected chi connectivity index (χ0v) is 15.9. The van der Waals surface area contributed by atoms with Crippen LogP contribution in [0.5, 0.6) is 0 Å². The van der Waals surface area contributed by atoms with Gasteiger partial charge in [-0.15, -0.1) is 0 Å². The molecule has 0 spiro atoms. The largest absolute Gasteiger partial charge is 0.524 e. The van der Waals surface area contributed by atoms with E-state index in [2.05, 4.69) is 15.1 Å². The number of halogens is 2. The fourth-order valence-corrected chi connectivity index (χ4v) is 2.71. The standard InChI is InChI=1S/C18H23BF2N4O2/c1-17(2)18(3,4)27-19(26-17)15(21)6-5-13-12-25(10-7-20)24-16(13)14-11-22-8-9-23-14/h6,8-9,11-12H,5,7,10H2,1-4H3. The predicted octanol–water partition coefficient (Wildman–Crippen LogP) is 3.34. The van der Waals surface area contributed by atoms with E-state index in [4.69, 9.17) is 9.31 Å². The van der Waals surface area contributed by atoms with E-state index >= 15 is 0 Å². The third kappa shape index (κ3) is 4.09. The normalized spacial score (nSPS) is 18.9. The Bertz CT molecular complexity index is 808. The van der Waals surface area contributed by atoms with Crippen molar-refractivity contribution in [2.24, 2.45) is 0 Å². The Hall–Kier alpha value is -2.13. The summed E-state index contributed by atoms with van der Waals surface area (Å²) in [5.74, 6) is 0. The number of nitrogens with zero attached hydrogens (tertiary/aromatic N) is 4. The fraction of sp³-hybridized carbons (Fsp3) is 0.500. The highest BCUT2D eigenvalue weighted by molar-refractivity contribution is 6.53. The van der Waals surface area contributed by atoms with Crippen LogP contribution in [0, 0.1) is 0 Å². The number of aromatic nitrogens is 4. The van der Waals surface area contributed by atoms with E-state index in [9.17, 15) is 8.78 Å². The van der Waals surface area contributed by atoms with Gasteiger partial charge in [0.05, 0.1) is 23.9 Å². The first-order chi connectivity index (χ1) is 12.7. The van der Waals surface area contributed by atoms with Gasteiger partial charge in [0, 0.05) is 24.2 Å². The van der Waals surface area contributed by atoms with Crippen LogP contribution in [-0.4, -0.2) is 44.7 Å². The molecule has 2 aromatic heterocycles. The van der Waals surface area contributed by atoms with Crippen molar-refractivity contribution in [2.75, 3.05) is 6.67 Å². The van der Waals surface area contributed by atoms with E-state index in [1.165, 1.54) is 10.8 Å². The van der Waals surface area contributed by atoms with Gasteiger partial charge in [-0.3, -0.25) is 14.6 Å². The lowest BCUT2D eigenvalue weighted by Gasteiger charge is -2.32. The Labute approximate surface area is 157 Å². The second kappa shape index (κ2) is 7.48. The Balaban J connectivity index is 1.82. The highest BCUT2D eigenvalue weighted by atomic mass is 19.1. The molecule has 0 amide bonds. The molecule has 0 aromatic carbocycles. The molecule has 0 atom stereocenters. The van der Waals surface area contributed by atoms with Gasteiger partial charge in [0.25, 0.3) is 0 Å². The Kier molecular flexibility index (Phi) is 5.44. The van der Waals surface area contributed by atoms with Crippen LogP contribution < -0.4 is 0 Å². The topological polar surface area (TPSA) is 62.1 Å². The molecule has 27 heavy (non-hydrogen) atoms. The number of allylic oxidation sites excluding steroid dienone is 1. The number of rotatable bonds is 6. The summed E-state index contributed by atoms with van der Waals surface area (Å²) < 4.78 is 40.3. The highest BCUT2D eigenvalue weighted by Gasteiger charge is 2.52. The number of hydrogen-bond acceptors (Lipinski definition) is 5. The molecule has 3 heterocycles. The second-order valence-electron chi connectivity index (χ2n) is 7.43. The number of alkyl halides is 1. The van der Waals surface area contributed by atoms with E-state index in [1.54, 1.807) is 24.8 Å². The van der Waals surface area contributed by atoms with E-state index < -0.39 is 30.7 Å². The van der Waals surface area contributed by atoms with Crippen LogP contribution in [0.15, 0.2) is 36.6 Å². The van der Waals surface area contributed by atoms with Gasteiger partial charge in [0.15, 0.2) is 0 Å². The summed E-state index contributed by atoms with van der Waals surface area (Å²) in [4.78, 5) is 8.26. The van der Waals surface area contributed by atoms with Gasteiger partial charge in [-0.05, 0) is 34.1 Å². The van der Waals surface area contributed by atoms with Crippen molar-refractivity contribution in [3.63, 3.8) is 0 Å². The Morgan fingerprint density at radius 3 is 2.52 bits per heavy atom. The molecular formula is C18H23BF2N4O2. The fourth-order valence-electron chi connectivity index (χ4n) is 2.71. The molecule has 3 rings (SSSR count). The summed E-state index contributed by atoms with van der Waals surface area (Å²) in [6.45, 7) is 7.05. The van der Waals surface area contributed by atoms with Crippen LogP contribution >= 0.6 is 0 Å². The molecule has 2 aromatic rings. The average molecular weight is 376 g/mol. The SMILES string of the molecule is CC1(C)OB(C(F)=CCc2cn(CCF)nc2-c2cnccn2)OC1(C)C. The average Bonchev–Trinajstić information content (AvgIpc) is 3.11. The van der Waals surface area contributed by atoms with Gasteiger partial charge in [-0.25, -0.2) is 8.78 Å². The van der Waals surface area contributed by atoms with Gasteiger partial charge >= 0.3 is 7.12 Å². The zero-order chi connectivity index (χ0) is 19.7. The van der Waals surface area contributed by atoms with Crippen molar-refractivity contribution in [1.29, 1.82) is 0 Å². The Morgan fingerprint density at radius 2 is 1.93 bits per heavy atom. The number of aryl methyl sites for hydroxylation is 1. The van der Waals surface area contributed by atoms with Crippen LogP contribution in [0.2, 0.25) is 0 Å². The third-order valence-corrected chi connectivity index (χ3v) is 4.95. The molecular weight excluding hydrogens is 353 g/mol. The van der Waals surface area contributed by atoms with Gasteiger partial charge in [-0.1, -0.05) is 6.08 Å². The first-order valence-corrected chi connectivity index (χ1v) is 8.83. The highest BCUT2D eigenvalue weighted by Crippen LogP contribution is 2.38. The van der Waals surface area contributed by atoms with Crippen LogP contribution in [-0.2, 0) is 22.3 Å². The van der Waals surface area contributed by atoms with Crippen LogP contribution in [0.3, 0.4) is 0 Å². The summed E-state index contributed by atoms with van der Waals surface area (Å²) in [6, 6.07) is 0. The molecule has 0 N–H and O–H groups in total. The van der Waals surface area contributed by atoms with E-state index in [0.29, 0.717) is 11.4 Å². The van der Waals surface area contributed by atoms with Crippen molar-refractivity contribution in [2.45, 2.75) is 51.9 Å². The molecule has 0 radical (unpaired) electrons. The number of hydrogen-bond donors (Lipinski definition) is 0. The molecule has 1 aliphatic rings. The lowest BCUT2D eigenvalue weighted by atomic mass is 9.87. The summed E-state index contributed by atoms with van der Waals surface area (Å²) in [5, 5.41) is 4.35. The molecule has 1 saturated heterocycles. The molecule has 0 bridgehead atoms. The van der Waals surface area contributed by atoms with E-state index in [0.717, 1.165) is 5.56 Å². The Morgan fingerprint density at radius 1 is 1.22 bits per heavy atom. The maximum atomic E-state index is 14.7. The van der Waals surface area contributed by atoms with Gasteiger partial charge in [-0.2, -0.15) is 5.10 Å². The molecule has 6 nitrogen and oxygen atoms in total. The lowest BCUT2D eigenvalue weighted by Crippen LogP contribution is -2.41. The van der Waals surface area contributed by atoms with Gasteiger partial charge in [0.1, 0.15) is 23.8 Å². The summed E-state index contributed by atoms with van der Waals surface area (Å²) >= 11 is 0. The van der Waals surface area contributed by atoms with Crippen molar-refractivity contribution < 1.29 is 18.1 Å². The molecule has 1 fully saturated rings. The third-order valence-electron chi connectivity index (χ3n) is 4.95. The van der Waals surface area contributed by atoms with Crippen molar-refractivity contribution in [1.82, 2.24) is 19.7 Å². The van der Waals surface area contributed by atoms with Crippen molar-refractivity contribution >= 4 is 7.12 Å².